The standard InChI is InChI=1S/C18H21BrN4O/c1-13(15-3-2-4-16(19)11-15)22-18(24)14-5-9-23(10-6-14)17-12-20-7-8-21-17/h2-4,7-8,11-14H,5-6,9-10H2,1H3,(H,22,24). The van der Waals surface area contributed by atoms with Crippen LogP contribution in [0.2, 0.25) is 0 Å². The Hall–Kier alpha value is -1.95. The summed E-state index contributed by atoms with van der Waals surface area (Å²) in [6, 6.07) is 8.06. The second-order valence-electron chi connectivity index (χ2n) is 6.11. The maximum absolute atomic E-state index is 12.5. The van der Waals surface area contributed by atoms with E-state index in [0.717, 1.165) is 41.8 Å². The van der Waals surface area contributed by atoms with Crippen LogP contribution in [-0.4, -0.2) is 29.0 Å². The van der Waals surface area contributed by atoms with Gasteiger partial charge >= 0.3 is 0 Å². The van der Waals surface area contributed by atoms with Crippen LogP contribution in [0.1, 0.15) is 31.4 Å². The molecule has 2 heterocycles. The van der Waals surface area contributed by atoms with Gasteiger partial charge in [-0.3, -0.25) is 9.78 Å². The summed E-state index contributed by atoms with van der Waals surface area (Å²) in [7, 11) is 0. The highest BCUT2D eigenvalue weighted by molar-refractivity contribution is 9.10. The maximum Gasteiger partial charge on any atom is 0.223 e. The fraction of sp³-hybridized carbons (Fsp3) is 0.389. The number of nitrogens with one attached hydrogen (secondary N) is 1. The molecule has 0 radical (unpaired) electrons. The van der Waals surface area contributed by atoms with Gasteiger partial charge in [0.1, 0.15) is 5.82 Å². The van der Waals surface area contributed by atoms with Crippen molar-refractivity contribution in [3.8, 4) is 0 Å². The van der Waals surface area contributed by atoms with E-state index >= 15 is 0 Å². The van der Waals surface area contributed by atoms with Gasteiger partial charge in [0.05, 0.1) is 12.2 Å². The van der Waals surface area contributed by atoms with Crippen LogP contribution in [-0.2, 0) is 4.79 Å². The summed E-state index contributed by atoms with van der Waals surface area (Å²) in [5.41, 5.74) is 1.11. The number of carbonyl (C=O) groups excluding carboxylic acids is 1. The van der Waals surface area contributed by atoms with Crippen molar-refractivity contribution in [2.24, 2.45) is 5.92 Å². The highest BCUT2D eigenvalue weighted by Crippen LogP contribution is 2.23. The van der Waals surface area contributed by atoms with Crippen molar-refractivity contribution in [3.05, 3.63) is 52.9 Å². The summed E-state index contributed by atoms with van der Waals surface area (Å²) in [5, 5.41) is 3.14. The molecule has 24 heavy (non-hydrogen) atoms. The number of nitrogens with zero attached hydrogens (tertiary/aromatic N) is 3. The number of anilines is 1. The number of carbonyl (C=O) groups is 1. The summed E-state index contributed by atoms with van der Waals surface area (Å²) in [4.78, 5) is 23.2. The second kappa shape index (κ2) is 7.75. The Balaban J connectivity index is 1.54. The lowest BCUT2D eigenvalue weighted by Gasteiger charge is -2.32. The monoisotopic (exact) mass is 388 g/mol. The first-order valence-electron chi connectivity index (χ1n) is 8.20. The van der Waals surface area contributed by atoms with Crippen LogP contribution in [0.3, 0.4) is 0 Å². The number of hydrogen-bond acceptors (Lipinski definition) is 4. The molecular formula is C18H21BrN4O. The van der Waals surface area contributed by atoms with Crippen LogP contribution in [0.25, 0.3) is 0 Å². The number of rotatable bonds is 4. The maximum atomic E-state index is 12.5. The first-order chi connectivity index (χ1) is 11.6. The largest absolute Gasteiger partial charge is 0.355 e. The van der Waals surface area contributed by atoms with Gasteiger partial charge in [0.15, 0.2) is 0 Å². The fourth-order valence-corrected chi connectivity index (χ4v) is 3.43. The molecule has 1 aromatic carbocycles. The van der Waals surface area contributed by atoms with E-state index in [-0.39, 0.29) is 17.9 Å². The molecule has 0 aliphatic carbocycles. The molecule has 1 aliphatic heterocycles. The van der Waals surface area contributed by atoms with Gasteiger partial charge in [-0.05, 0) is 37.5 Å². The van der Waals surface area contributed by atoms with Gasteiger partial charge in [-0.1, -0.05) is 28.1 Å². The number of halogens is 1. The van der Waals surface area contributed by atoms with E-state index in [4.69, 9.17) is 0 Å². The second-order valence-corrected chi connectivity index (χ2v) is 7.03. The molecule has 1 N–H and O–H groups in total. The van der Waals surface area contributed by atoms with E-state index in [0.29, 0.717) is 0 Å². The minimum atomic E-state index is 0.00743. The van der Waals surface area contributed by atoms with Crippen molar-refractivity contribution in [2.75, 3.05) is 18.0 Å². The molecule has 1 aromatic heterocycles. The minimum absolute atomic E-state index is 0.00743. The smallest absolute Gasteiger partial charge is 0.223 e. The van der Waals surface area contributed by atoms with Crippen LogP contribution < -0.4 is 10.2 Å². The Morgan fingerprint density at radius 2 is 2.12 bits per heavy atom. The van der Waals surface area contributed by atoms with Crippen LogP contribution in [0.15, 0.2) is 47.3 Å². The van der Waals surface area contributed by atoms with Gasteiger partial charge in [0.25, 0.3) is 0 Å². The highest BCUT2D eigenvalue weighted by Gasteiger charge is 2.26. The third kappa shape index (κ3) is 4.12. The average molecular weight is 389 g/mol. The lowest BCUT2D eigenvalue weighted by atomic mass is 9.95. The third-order valence-electron chi connectivity index (χ3n) is 4.45. The molecule has 1 aliphatic rings. The van der Waals surface area contributed by atoms with Gasteiger partial charge in [0, 0.05) is 35.9 Å². The molecule has 1 atom stereocenters. The lowest BCUT2D eigenvalue weighted by molar-refractivity contribution is -0.126. The van der Waals surface area contributed by atoms with E-state index in [2.05, 4.69) is 36.1 Å². The van der Waals surface area contributed by atoms with E-state index in [9.17, 15) is 4.79 Å². The Morgan fingerprint density at radius 3 is 2.79 bits per heavy atom. The van der Waals surface area contributed by atoms with Crippen LogP contribution in [0.5, 0.6) is 0 Å². The van der Waals surface area contributed by atoms with Crippen molar-refractivity contribution in [2.45, 2.75) is 25.8 Å². The predicted molar refractivity (Wildman–Crippen MR) is 97.7 cm³/mol. The van der Waals surface area contributed by atoms with E-state index in [1.165, 1.54) is 0 Å². The number of piperidine rings is 1. The molecule has 0 saturated carbocycles. The van der Waals surface area contributed by atoms with Gasteiger partial charge in [0.2, 0.25) is 5.91 Å². The van der Waals surface area contributed by atoms with Crippen molar-refractivity contribution in [1.29, 1.82) is 0 Å². The molecule has 0 spiro atoms. The molecule has 6 heteroatoms. The SMILES string of the molecule is CC(NC(=O)C1CCN(c2cnccn2)CC1)c1cccc(Br)c1. The number of benzene rings is 1. The number of aromatic nitrogens is 2. The van der Waals surface area contributed by atoms with Crippen molar-refractivity contribution < 1.29 is 4.79 Å². The summed E-state index contributed by atoms with van der Waals surface area (Å²) in [5.74, 6) is 1.09. The molecule has 0 bridgehead atoms. The molecule has 1 unspecified atom stereocenters. The van der Waals surface area contributed by atoms with Gasteiger partial charge in [-0.25, -0.2) is 4.98 Å². The molecule has 126 valence electrons. The summed E-state index contributed by atoms with van der Waals surface area (Å²) in [6.45, 7) is 3.69. The van der Waals surface area contributed by atoms with Gasteiger partial charge in [-0.2, -0.15) is 0 Å². The number of hydrogen-bond donors (Lipinski definition) is 1. The van der Waals surface area contributed by atoms with Gasteiger partial charge in [-0.15, -0.1) is 0 Å². The minimum Gasteiger partial charge on any atom is -0.355 e. The molecular weight excluding hydrogens is 368 g/mol. The quantitative estimate of drug-likeness (QED) is 0.872. The van der Waals surface area contributed by atoms with Crippen molar-refractivity contribution in [1.82, 2.24) is 15.3 Å². The fourth-order valence-electron chi connectivity index (χ4n) is 3.02. The van der Waals surface area contributed by atoms with E-state index < -0.39 is 0 Å². The first kappa shape index (κ1) is 16.9. The highest BCUT2D eigenvalue weighted by atomic mass is 79.9. The summed E-state index contributed by atoms with van der Waals surface area (Å²) < 4.78 is 1.03. The molecule has 2 aromatic rings. The Bertz CT molecular complexity index is 686. The number of amides is 1. The van der Waals surface area contributed by atoms with Crippen LogP contribution in [0, 0.1) is 5.92 Å². The van der Waals surface area contributed by atoms with E-state index in [1.807, 2.05) is 31.2 Å². The zero-order chi connectivity index (χ0) is 16.9. The molecule has 5 nitrogen and oxygen atoms in total. The Labute approximate surface area is 150 Å². The molecule has 1 saturated heterocycles. The molecule has 3 rings (SSSR count). The zero-order valence-corrected chi connectivity index (χ0v) is 15.2. The molecule has 1 fully saturated rings. The molecule has 1 amide bonds. The lowest BCUT2D eigenvalue weighted by Crippen LogP contribution is -2.41. The van der Waals surface area contributed by atoms with Crippen LogP contribution >= 0.6 is 15.9 Å². The summed E-state index contributed by atoms with van der Waals surface area (Å²) in [6.07, 6.45) is 6.83. The summed E-state index contributed by atoms with van der Waals surface area (Å²) >= 11 is 3.47. The van der Waals surface area contributed by atoms with Crippen LogP contribution in [0.4, 0.5) is 5.82 Å². The zero-order valence-electron chi connectivity index (χ0n) is 13.7. The average Bonchev–Trinajstić information content (AvgIpc) is 2.62. The third-order valence-corrected chi connectivity index (χ3v) is 4.94. The normalized spacial score (nSPS) is 16.7. The topological polar surface area (TPSA) is 58.1 Å². The first-order valence-corrected chi connectivity index (χ1v) is 8.99. The van der Waals surface area contributed by atoms with E-state index in [1.54, 1.807) is 18.6 Å². The van der Waals surface area contributed by atoms with Crippen molar-refractivity contribution >= 4 is 27.7 Å². The Morgan fingerprint density at radius 1 is 1.33 bits per heavy atom. The van der Waals surface area contributed by atoms with Gasteiger partial charge < -0.3 is 10.2 Å². The Kier molecular flexibility index (Phi) is 5.45. The van der Waals surface area contributed by atoms with Crippen molar-refractivity contribution in [3.63, 3.8) is 0 Å². The predicted octanol–water partition coefficient (Wildman–Crippen LogP) is 3.33.